The molecule has 0 aliphatic heterocycles. The summed E-state index contributed by atoms with van der Waals surface area (Å²) in [4.78, 5) is 16.3. The van der Waals surface area contributed by atoms with Gasteiger partial charge >= 0.3 is 6.18 Å². The van der Waals surface area contributed by atoms with Gasteiger partial charge in [0, 0.05) is 17.5 Å². The van der Waals surface area contributed by atoms with Crippen molar-refractivity contribution < 1.29 is 32.1 Å². The Morgan fingerprint density at radius 3 is 2.31 bits per heavy atom. The number of aromatic nitrogens is 3. The lowest BCUT2D eigenvalue weighted by Crippen LogP contribution is -2.20. The SMILES string of the molecule is CC(C)(C#N)CC(=O)C(O)c1ccc(-c2noc(-c3onc(-c4ccccc4)c3C(F)(F)F)n2)cc1. The van der Waals surface area contributed by atoms with Crippen LogP contribution in [-0.4, -0.2) is 26.2 Å². The predicted molar refractivity (Wildman–Crippen MR) is 120 cm³/mol. The first-order chi connectivity index (χ1) is 17.0. The molecule has 2 aromatic heterocycles. The Balaban J connectivity index is 1.61. The van der Waals surface area contributed by atoms with Crippen LogP contribution in [0.25, 0.3) is 34.3 Å². The monoisotopic (exact) mass is 496 g/mol. The molecule has 11 heteroatoms. The molecule has 4 aromatic rings. The van der Waals surface area contributed by atoms with Crippen LogP contribution in [0.3, 0.4) is 0 Å². The molecule has 0 fully saturated rings. The fourth-order valence-corrected chi connectivity index (χ4v) is 3.50. The molecule has 8 nitrogen and oxygen atoms in total. The Labute approximate surface area is 203 Å². The lowest BCUT2D eigenvalue weighted by atomic mass is 9.86. The van der Waals surface area contributed by atoms with Crippen LogP contribution in [-0.2, 0) is 11.0 Å². The Bertz CT molecular complexity index is 1420. The van der Waals surface area contributed by atoms with Gasteiger partial charge in [-0.15, -0.1) is 0 Å². The number of rotatable bonds is 7. The molecular weight excluding hydrogens is 477 g/mol. The van der Waals surface area contributed by atoms with Crippen LogP contribution >= 0.6 is 0 Å². The highest BCUT2D eigenvalue weighted by Gasteiger charge is 2.43. The Hall–Kier alpha value is -4.30. The highest BCUT2D eigenvalue weighted by Crippen LogP contribution is 2.43. The molecular formula is C25H19F3N4O4. The van der Waals surface area contributed by atoms with Gasteiger partial charge in [0.2, 0.25) is 11.6 Å². The average Bonchev–Trinajstić information content (AvgIpc) is 3.51. The zero-order valence-electron chi connectivity index (χ0n) is 19.1. The highest BCUT2D eigenvalue weighted by atomic mass is 19.4. The van der Waals surface area contributed by atoms with Crippen LogP contribution in [0.1, 0.15) is 37.5 Å². The van der Waals surface area contributed by atoms with E-state index in [9.17, 15) is 23.1 Å². The largest absolute Gasteiger partial charge is 0.422 e. The van der Waals surface area contributed by atoms with Crippen molar-refractivity contribution in [3.05, 3.63) is 65.7 Å². The molecule has 0 bridgehead atoms. The summed E-state index contributed by atoms with van der Waals surface area (Å²) in [7, 11) is 0. The van der Waals surface area contributed by atoms with Crippen LogP contribution in [0.5, 0.6) is 0 Å². The van der Waals surface area contributed by atoms with Gasteiger partial charge in [0.25, 0.3) is 5.89 Å². The Morgan fingerprint density at radius 2 is 1.69 bits per heavy atom. The molecule has 0 amide bonds. The molecule has 36 heavy (non-hydrogen) atoms. The number of alkyl halides is 3. The molecule has 1 N–H and O–H groups in total. The summed E-state index contributed by atoms with van der Waals surface area (Å²) < 4.78 is 51.7. The first-order valence-electron chi connectivity index (χ1n) is 10.7. The Morgan fingerprint density at radius 1 is 1.03 bits per heavy atom. The molecule has 0 aliphatic rings. The van der Waals surface area contributed by atoms with Crippen molar-refractivity contribution in [2.45, 2.75) is 32.5 Å². The summed E-state index contributed by atoms with van der Waals surface area (Å²) in [6, 6.07) is 15.6. The van der Waals surface area contributed by atoms with E-state index in [-0.39, 0.29) is 23.4 Å². The number of hydrogen-bond acceptors (Lipinski definition) is 8. The van der Waals surface area contributed by atoms with Crippen molar-refractivity contribution in [1.29, 1.82) is 5.26 Å². The van der Waals surface area contributed by atoms with E-state index in [0.717, 1.165) is 0 Å². The van der Waals surface area contributed by atoms with Gasteiger partial charge in [-0.2, -0.15) is 23.4 Å². The molecule has 2 aromatic carbocycles. The summed E-state index contributed by atoms with van der Waals surface area (Å²) in [5, 5.41) is 26.7. The van der Waals surface area contributed by atoms with Crippen molar-refractivity contribution in [2.24, 2.45) is 5.41 Å². The van der Waals surface area contributed by atoms with E-state index < -0.39 is 46.4 Å². The van der Waals surface area contributed by atoms with E-state index in [1.165, 1.54) is 36.4 Å². The molecule has 184 valence electrons. The molecule has 4 rings (SSSR count). The van der Waals surface area contributed by atoms with Crippen LogP contribution in [0.4, 0.5) is 13.2 Å². The maximum absolute atomic E-state index is 13.9. The molecule has 1 atom stereocenters. The van der Waals surface area contributed by atoms with Crippen molar-refractivity contribution in [1.82, 2.24) is 15.3 Å². The molecule has 2 heterocycles. The Kier molecular flexibility index (Phi) is 6.47. The van der Waals surface area contributed by atoms with Crippen molar-refractivity contribution >= 4 is 5.78 Å². The molecule has 0 saturated heterocycles. The highest BCUT2D eigenvalue weighted by molar-refractivity contribution is 5.85. The predicted octanol–water partition coefficient (Wildman–Crippen LogP) is 5.62. The first-order valence-corrected chi connectivity index (χ1v) is 10.7. The normalized spacial score (nSPS) is 12.8. The van der Waals surface area contributed by atoms with Gasteiger partial charge < -0.3 is 14.2 Å². The fourth-order valence-electron chi connectivity index (χ4n) is 3.50. The van der Waals surface area contributed by atoms with Crippen molar-refractivity contribution in [2.75, 3.05) is 0 Å². The number of nitrogens with zero attached hydrogens (tertiary/aromatic N) is 4. The number of benzene rings is 2. The minimum atomic E-state index is -4.81. The zero-order valence-corrected chi connectivity index (χ0v) is 19.1. The number of hydrogen-bond donors (Lipinski definition) is 1. The third-order valence-corrected chi connectivity index (χ3v) is 5.35. The number of ketones is 1. The fraction of sp³-hybridized carbons (Fsp3) is 0.240. The summed E-state index contributed by atoms with van der Waals surface area (Å²) in [5.41, 5.74) is -1.61. The van der Waals surface area contributed by atoms with E-state index in [4.69, 9.17) is 14.3 Å². The van der Waals surface area contributed by atoms with E-state index in [0.29, 0.717) is 5.56 Å². The lowest BCUT2D eigenvalue weighted by molar-refractivity contribution is -0.137. The number of aliphatic hydroxyl groups is 1. The second kappa shape index (κ2) is 9.39. The maximum Gasteiger partial charge on any atom is 0.422 e. The summed E-state index contributed by atoms with van der Waals surface area (Å²) in [6.07, 6.45) is -6.38. The standard InChI is InChI=1S/C25H19F3N4O4/c1-24(2,13-29)12-17(33)20(34)15-8-10-16(11-9-15)22-30-23(36-32-22)21-18(25(26,27)28)19(31-35-21)14-6-4-3-5-7-14/h3-11,20,34H,12H2,1-2H3. The minimum Gasteiger partial charge on any atom is -0.381 e. The first kappa shape index (κ1) is 24.8. The second-order valence-electron chi connectivity index (χ2n) is 8.69. The molecule has 0 aliphatic carbocycles. The minimum absolute atomic E-state index is 0.0336. The third-order valence-electron chi connectivity index (χ3n) is 5.35. The number of Topliss-reactive ketones (excluding diaryl/α,β-unsaturated/α-hetero) is 1. The topological polar surface area (TPSA) is 126 Å². The van der Waals surface area contributed by atoms with Gasteiger partial charge in [-0.25, -0.2) is 0 Å². The molecule has 0 radical (unpaired) electrons. The van der Waals surface area contributed by atoms with Gasteiger partial charge in [0.1, 0.15) is 17.4 Å². The quantitative estimate of drug-likeness (QED) is 0.349. The second-order valence-corrected chi connectivity index (χ2v) is 8.69. The third kappa shape index (κ3) is 5.04. The molecule has 0 spiro atoms. The molecule has 1 unspecified atom stereocenters. The maximum atomic E-state index is 13.9. The van der Waals surface area contributed by atoms with E-state index >= 15 is 0 Å². The number of nitriles is 1. The van der Waals surface area contributed by atoms with Crippen LogP contribution < -0.4 is 0 Å². The average molecular weight is 496 g/mol. The van der Waals surface area contributed by atoms with Gasteiger partial charge in [0.05, 0.1) is 11.5 Å². The lowest BCUT2D eigenvalue weighted by Gasteiger charge is -2.17. The summed E-state index contributed by atoms with van der Waals surface area (Å²) in [6.45, 7) is 3.19. The number of halogens is 3. The van der Waals surface area contributed by atoms with Crippen molar-refractivity contribution in [3.8, 4) is 40.4 Å². The van der Waals surface area contributed by atoms with Crippen molar-refractivity contribution in [3.63, 3.8) is 0 Å². The van der Waals surface area contributed by atoms with Crippen LogP contribution in [0.15, 0.2) is 63.6 Å². The number of aliphatic hydroxyl groups excluding tert-OH is 1. The summed E-state index contributed by atoms with van der Waals surface area (Å²) in [5.74, 6) is -1.77. The van der Waals surface area contributed by atoms with E-state index in [1.54, 1.807) is 32.0 Å². The van der Waals surface area contributed by atoms with Crippen LogP contribution in [0, 0.1) is 16.7 Å². The van der Waals surface area contributed by atoms with Gasteiger partial charge in [-0.1, -0.05) is 64.9 Å². The van der Waals surface area contributed by atoms with Crippen LogP contribution in [0.2, 0.25) is 0 Å². The van der Waals surface area contributed by atoms with E-state index in [1.807, 2.05) is 6.07 Å². The zero-order chi connectivity index (χ0) is 26.1. The van der Waals surface area contributed by atoms with Gasteiger partial charge in [-0.05, 0) is 19.4 Å². The molecule has 0 saturated carbocycles. The van der Waals surface area contributed by atoms with Gasteiger partial charge in [-0.3, -0.25) is 4.79 Å². The number of carbonyl (C=O) groups is 1. The number of carbonyl (C=O) groups excluding carboxylic acids is 1. The van der Waals surface area contributed by atoms with E-state index in [2.05, 4.69) is 15.3 Å². The smallest absolute Gasteiger partial charge is 0.381 e. The summed E-state index contributed by atoms with van der Waals surface area (Å²) >= 11 is 0. The van der Waals surface area contributed by atoms with Gasteiger partial charge in [0.15, 0.2) is 5.78 Å².